The van der Waals surface area contributed by atoms with E-state index in [1.165, 1.54) is 61.7 Å². The number of carbonyl (C=O) groups is 2. The van der Waals surface area contributed by atoms with E-state index in [4.69, 9.17) is 10.00 Å². The smallest absolute Gasteiger partial charge is 0.294 e. The summed E-state index contributed by atoms with van der Waals surface area (Å²) in [7, 11) is -8.46. The minimum absolute atomic E-state index is 0.0172. The standard InChI is InChI=1S/C28H24N4O7S2/c1-3-31(40(35,36)24-14-10-22(11-15-24)20(2)34)27-17-30-28(26-7-5-4-6-25(26)27)32(18-39-19-33)41(37,38)23-12-8-21(16-29)9-13-23/h4-15,17,19H,3,18H2,1-2H3. The van der Waals surface area contributed by atoms with Crippen LogP contribution in [-0.2, 0) is 29.6 Å². The molecule has 1 heterocycles. The van der Waals surface area contributed by atoms with Crippen LogP contribution >= 0.6 is 0 Å². The molecule has 0 amide bonds. The quantitative estimate of drug-likeness (QED) is 0.143. The van der Waals surface area contributed by atoms with Gasteiger partial charge in [-0.2, -0.15) is 5.26 Å². The zero-order valence-electron chi connectivity index (χ0n) is 22.0. The molecule has 0 radical (unpaired) electrons. The summed E-state index contributed by atoms with van der Waals surface area (Å²) >= 11 is 0. The number of Topliss-reactive ketones (excluding diaryl/α,β-unsaturated/α-hetero) is 1. The monoisotopic (exact) mass is 592 g/mol. The number of nitriles is 1. The SMILES string of the molecule is CCN(c1cnc(N(COC=O)S(=O)(=O)c2ccc(C#N)cc2)c2ccccc12)S(=O)(=O)c1ccc(C(C)=O)cc1. The molecule has 210 valence electrons. The average molecular weight is 593 g/mol. The first-order chi connectivity index (χ1) is 19.6. The Balaban J connectivity index is 1.87. The van der Waals surface area contributed by atoms with Gasteiger partial charge in [-0.1, -0.05) is 36.4 Å². The van der Waals surface area contributed by atoms with Crippen molar-refractivity contribution in [2.24, 2.45) is 0 Å². The lowest BCUT2D eigenvalue weighted by molar-refractivity contribution is -0.128. The lowest BCUT2D eigenvalue weighted by Crippen LogP contribution is -2.35. The molecule has 4 aromatic rings. The summed E-state index contributed by atoms with van der Waals surface area (Å²) in [6.45, 7) is 2.43. The van der Waals surface area contributed by atoms with Crippen LogP contribution in [0.25, 0.3) is 10.8 Å². The lowest BCUT2D eigenvalue weighted by Gasteiger charge is -2.27. The van der Waals surface area contributed by atoms with Gasteiger partial charge >= 0.3 is 0 Å². The van der Waals surface area contributed by atoms with Gasteiger partial charge in [0.05, 0.1) is 33.3 Å². The number of carbonyl (C=O) groups excluding carboxylic acids is 2. The predicted octanol–water partition coefficient (Wildman–Crippen LogP) is 3.85. The first kappa shape index (κ1) is 29.2. The number of anilines is 2. The highest BCUT2D eigenvalue weighted by Gasteiger charge is 2.31. The van der Waals surface area contributed by atoms with Crippen molar-refractivity contribution >= 4 is 54.6 Å². The fourth-order valence-corrected chi connectivity index (χ4v) is 6.98. The summed E-state index contributed by atoms with van der Waals surface area (Å²) in [5.41, 5.74) is 0.809. The van der Waals surface area contributed by atoms with E-state index in [0.29, 0.717) is 10.9 Å². The van der Waals surface area contributed by atoms with Crippen LogP contribution in [0.5, 0.6) is 0 Å². The molecule has 0 saturated heterocycles. The van der Waals surface area contributed by atoms with E-state index < -0.39 is 26.8 Å². The highest BCUT2D eigenvalue weighted by Crippen LogP contribution is 2.36. The summed E-state index contributed by atoms with van der Waals surface area (Å²) in [6, 6.07) is 19.2. The van der Waals surface area contributed by atoms with Gasteiger partial charge in [-0.3, -0.25) is 13.9 Å². The van der Waals surface area contributed by atoms with Crippen LogP contribution in [0.3, 0.4) is 0 Å². The number of rotatable bonds is 11. The summed E-state index contributed by atoms with van der Waals surface area (Å²) in [6.07, 6.45) is 1.24. The normalized spacial score (nSPS) is 11.4. The van der Waals surface area contributed by atoms with Crippen molar-refractivity contribution in [3.8, 4) is 6.07 Å². The number of hydrogen-bond acceptors (Lipinski definition) is 9. The Kier molecular flexibility index (Phi) is 8.36. The van der Waals surface area contributed by atoms with Crippen molar-refractivity contribution in [1.29, 1.82) is 5.26 Å². The molecule has 0 unspecified atom stereocenters. The summed E-state index contributed by atoms with van der Waals surface area (Å²) in [4.78, 5) is 26.8. The van der Waals surface area contributed by atoms with E-state index in [-0.39, 0.29) is 51.0 Å². The first-order valence-corrected chi connectivity index (χ1v) is 15.0. The van der Waals surface area contributed by atoms with Crippen LogP contribution in [-0.4, -0.2) is 47.4 Å². The topological polar surface area (TPSA) is 155 Å². The van der Waals surface area contributed by atoms with Gasteiger partial charge in [0.25, 0.3) is 26.5 Å². The fourth-order valence-electron chi connectivity index (χ4n) is 4.19. The van der Waals surface area contributed by atoms with E-state index in [1.54, 1.807) is 31.2 Å². The van der Waals surface area contributed by atoms with E-state index in [1.807, 2.05) is 6.07 Å². The number of sulfonamides is 2. The van der Waals surface area contributed by atoms with Crippen LogP contribution in [0.15, 0.2) is 88.8 Å². The molecule has 0 saturated carbocycles. The Labute approximate surface area is 237 Å². The zero-order valence-corrected chi connectivity index (χ0v) is 23.6. The van der Waals surface area contributed by atoms with Crippen LogP contribution in [0.4, 0.5) is 11.5 Å². The van der Waals surface area contributed by atoms with E-state index >= 15 is 0 Å². The number of hydrogen-bond donors (Lipinski definition) is 0. The Morgan fingerprint density at radius 1 is 0.902 bits per heavy atom. The summed E-state index contributed by atoms with van der Waals surface area (Å²) < 4.78 is 61.4. The molecule has 13 heteroatoms. The third kappa shape index (κ3) is 5.60. The van der Waals surface area contributed by atoms with Gasteiger partial charge in [-0.25, -0.2) is 26.1 Å². The number of fused-ring (bicyclic) bond motifs is 1. The number of pyridine rings is 1. The number of ether oxygens (including phenoxy) is 1. The maximum atomic E-state index is 13.7. The number of aromatic nitrogens is 1. The molecule has 0 N–H and O–H groups in total. The average Bonchev–Trinajstić information content (AvgIpc) is 2.98. The van der Waals surface area contributed by atoms with Gasteiger partial charge in [-0.15, -0.1) is 0 Å². The summed E-state index contributed by atoms with van der Waals surface area (Å²) in [5.74, 6) is -0.305. The highest BCUT2D eigenvalue weighted by atomic mass is 32.2. The molecule has 0 bridgehead atoms. The zero-order chi connectivity index (χ0) is 29.8. The number of ketones is 1. The highest BCUT2D eigenvalue weighted by molar-refractivity contribution is 7.93. The lowest BCUT2D eigenvalue weighted by atomic mass is 10.1. The minimum Gasteiger partial charge on any atom is -0.445 e. The van der Waals surface area contributed by atoms with Crippen LogP contribution in [0, 0.1) is 11.3 Å². The molecule has 41 heavy (non-hydrogen) atoms. The Morgan fingerprint density at radius 3 is 2.00 bits per heavy atom. The maximum absolute atomic E-state index is 13.7. The van der Waals surface area contributed by atoms with Gasteiger partial charge in [0.2, 0.25) is 0 Å². The van der Waals surface area contributed by atoms with Gasteiger partial charge in [0.1, 0.15) is 0 Å². The largest absolute Gasteiger partial charge is 0.445 e. The third-order valence-corrected chi connectivity index (χ3v) is 9.85. The molecular weight excluding hydrogens is 568 g/mol. The van der Waals surface area contributed by atoms with E-state index in [2.05, 4.69) is 4.98 Å². The van der Waals surface area contributed by atoms with Crippen molar-refractivity contribution in [3.63, 3.8) is 0 Å². The Hall–Kier alpha value is -4.80. The summed E-state index contributed by atoms with van der Waals surface area (Å²) in [5, 5.41) is 9.71. The third-order valence-electron chi connectivity index (χ3n) is 6.23. The van der Waals surface area contributed by atoms with E-state index in [9.17, 15) is 26.4 Å². The van der Waals surface area contributed by atoms with Crippen molar-refractivity contribution in [2.75, 3.05) is 21.9 Å². The van der Waals surface area contributed by atoms with Crippen LogP contribution in [0.1, 0.15) is 29.8 Å². The Bertz CT molecular complexity index is 1870. The molecule has 1 aromatic heterocycles. The molecule has 11 nitrogen and oxygen atoms in total. The van der Waals surface area contributed by atoms with Crippen LogP contribution in [0.2, 0.25) is 0 Å². The molecule has 0 spiro atoms. The maximum Gasteiger partial charge on any atom is 0.294 e. The molecular formula is C28H24N4O7S2. The van der Waals surface area contributed by atoms with Gasteiger partial charge in [0, 0.05) is 22.9 Å². The molecule has 0 aliphatic heterocycles. The second kappa shape index (κ2) is 11.7. The van der Waals surface area contributed by atoms with Gasteiger partial charge in [0.15, 0.2) is 18.3 Å². The van der Waals surface area contributed by atoms with Gasteiger partial charge < -0.3 is 4.74 Å². The number of nitrogens with zero attached hydrogens (tertiary/aromatic N) is 4. The fraction of sp³-hybridized carbons (Fsp3) is 0.143. The minimum atomic E-state index is -4.35. The molecule has 0 fully saturated rings. The molecule has 0 aliphatic carbocycles. The molecule has 3 aromatic carbocycles. The second-order valence-corrected chi connectivity index (χ2v) is 12.4. The van der Waals surface area contributed by atoms with Gasteiger partial charge in [-0.05, 0) is 50.2 Å². The van der Waals surface area contributed by atoms with Crippen molar-refractivity contribution in [1.82, 2.24) is 4.98 Å². The van der Waals surface area contributed by atoms with Crippen molar-refractivity contribution in [2.45, 2.75) is 23.6 Å². The van der Waals surface area contributed by atoms with Crippen molar-refractivity contribution < 1.29 is 31.2 Å². The molecule has 0 aliphatic rings. The second-order valence-electron chi connectivity index (χ2n) is 8.64. The predicted molar refractivity (Wildman–Crippen MR) is 151 cm³/mol. The molecule has 4 rings (SSSR count). The van der Waals surface area contributed by atoms with E-state index in [0.717, 1.165) is 8.61 Å². The Morgan fingerprint density at radius 2 is 1.46 bits per heavy atom. The molecule has 0 atom stereocenters. The van der Waals surface area contributed by atoms with Crippen molar-refractivity contribution in [3.05, 3.63) is 90.1 Å². The van der Waals surface area contributed by atoms with Crippen LogP contribution < -0.4 is 8.61 Å². The first-order valence-electron chi connectivity index (χ1n) is 12.2. The number of benzene rings is 3.